The van der Waals surface area contributed by atoms with Crippen LogP contribution in [-0.4, -0.2) is 33.9 Å². The lowest BCUT2D eigenvalue weighted by Gasteiger charge is -2.06. The Morgan fingerprint density at radius 1 is 1.30 bits per heavy atom. The van der Waals surface area contributed by atoms with Crippen LogP contribution in [0.1, 0.15) is 0 Å². The highest BCUT2D eigenvalue weighted by Crippen LogP contribution is 2.25. The van der Waals surface area contributed by atoms with Gasteiger partial charge in [0.05, 0.1) is 24.4 Å². The van der Waals surface area contributed by atoms with Crippen LogP contribution in [0.3, 0.4) is 0 Å². The van der Waals surface area contributed by atoms with Crippen molar-refractivity contribution in [2.24, 2.45) is 0 Å². The second-order valence-corrected chi connectivity index (χ2v) is 4.42. The summed E-state index contributed by atoms with van der Waals surface area (Å²) in [6, 6.07) is 7.56. The second-order valence-electron chi connectivity index (χ2n) is 4.09. The van der Waals surface area contributed by atoms with Gasteiger partial charge in [-0.2, -0.15) is 15.1 Å². The Labute approximate surface area is 120 Å². The van der Waals surface area contributed by atoms with Gasteiger partial charge in [0.15, 0.2) is 5.65 Å². The zero-order valence-electron chi connectivity index (χ0n) is 11.0. The maximum Gasteiger partial charge on any atom is 0.226 e. The fourth-order valence-corrected chi connectivity index (χ4v) is 2.17. The van der Waals surface area contributed by atoms with Crippen LogP contribution < -0.4 is 10.1 Å². The van der Waals surface area contributed by atoms with Crippen LogP contribution in [-0.2, 0) is 0 Å². The molecule has 2 aromatic heterocycles. The van der Waals surface area contributed by atoms with Gasteiger partial charge < -0.3 is 10.1 Å². The number of fused-ring (bicyclic) bond motifs is 1. The molecule has 7 heteroatoms. The van der Waals surface area contributed by atoms with Crippen molar-refractivity contribution in [3.63, 3.8) is 0 Å². The van der Waals surface area contributed by atoms with E-state index in [0.29, 0.717) is 11.5 Å². The Morgan fingerprint density at radius 3 is 2.90 bits per heavy atom. The summed E-state index contributed by atoms with van der Waals surface area (Å²) >= 11 is 5.95. The third-order valence-electron chi connectivity index (χ3n) is 2.94. The highest BCUT2D eigenvalue weighted by atomic mass is 35.5. The van der Waals surface area contributed by atoms with Crippen molar-refractivity contribution in [1.82, 2.24) is 19.7 Å². The van der Waals surface area contributed by atoms with Crippen LogP contribution in [0.2, 0.25) is 5.28 Å². The summed E-state index contributed by atoms with van der Waals surface area (Å²) in [4.78, 5) is 8.38. The number of aromatic nitrogens is 4. The Bertz CT molecular complexity index is 771. The predicted octanol–water partition coefficient (Wildman–Crippen LogP) is 2.52. The Balaban J connectivity index is 2.23. The lowest BCUT2D eigenvalue weighted by molar-refractivity contribution is 0.414. The molecule has 20 heavy (non-hydrogen) atoms. The number of benzene rings is 1. The van der Waals surface area contributed by atoms with Gasteiger partial charge in [-0.05, 0) is 23.7 Å². The van der Waals surface area contributed by atoms with Gasteiger partial charge in [-0.3, -0.25) is 0 Å². The van der Waals surface area contributed by atoms with E-state index in [0.717, 1.165) is 16.8 Å². The Morgan fingerprint density at radius 2 is 2.15 bits per heavy atom. The van der Waals surface area contributed by atoms with E-state index in [2.05, 4.69) is 20.4 Å². The maximum atomic E-state index is 5.95. The van der Waals surface area contributed by atoms with Crippen molar-refractivity contribution >= 4 is 28.5 Å². The molecule has 0 radical (unpaired) electrons. The molecule has 0 fully saturated rings. The molecule has 1 N–H and O–H groups in total. The number of methoxy groups -OCH3 is 1. The zero-order chi connectivity index (χ0) is 14.1. The van der Waals surface area contributed by atoms with Crippen LogP contribution in [0.25, 0.3) is 16.7 Å². The van der Waals surface area contributed by atoms with Gasteiger partial charge in [-0.25, -0.2) is 4.68 Å². The predicted molar refractivity (Wildman–Crippen MR) is 77.8 cm³/mol. The van der Waals surface area contributed by atoms with E-state index in [1.807, 2.05) is 24.3 Å². The summed E-state index contributed by atoms with van der Waals surface area (Å²) in [7, 11) is 3.40. The van der Waals surface area contributed by atoms with Crippen LogP contribution in [0.15, 0.2) is 30.5 Å². The van der Waals surface area contributed by atoms with Gasteiger partial charge in [0.1, 0.15) is 11.6 Å². The quantitative estimate of drug-likeness (QED) is 0.751. The summed E-state index contributed by atoms with van der Waals surface area (Å²) in [5.74, 6) is 1.40. The van der Waals surface area contributed by atoms with Crippen LogP contribution >= 0.6 is 11.6 Å². The fraction of sp³-hybridized carbons (Fsp3) is 0.154. The maximum absolute atomic E-state index is 5.95. The van der Waals surface area contributed by atoms with E-state index in [9.17, 15) is 0 Å². The number of hydrogen-bond donors (Lipinski definition) is 1. The lowest BCUT2D eigenvalue weighted by atomic mass is 10.3. The fourth-order valence-electron chi connectivity index (χ4n) is 2.00. The van der Waals surface area contributed by atoms with Crippen LogP contribution in [0.4, 0.5) is 5.82 Å². The molecule has 0 saturated carbocycles. The number of rotatable bonds is 3. The van der Waals surface area contributed by atoms with Crippen molar-refractivity contribution in [3.8, 4) is 11.4 Å². The standard InChI is InChI=1S/C13H12ClN5O/c1-15-11-10-7-16-19(12(10)18-13(14)17-11)8-4-3-5-9(6-8)20-2/h3-7H,1-2H3,(H,15,17,18). The molecule has 0 spiro atoms. The molecule has 3 rings (SSSR count). The van der Waals surface area contributed by atoms with Gasteiger partial charge >= 0.3 is 0 Å². The van der Waals surface area contributed by atoms with Gasteiger partial charge in [0.2, 0.25) is 5.28 Å². The molecular weight excluding hydrogens is 278 g/mol. The average Bonchev–Trinajstić information content (AvgIpc) is 2.90. The van der Waals surface area contributed by atoms with E-state index in [-0.39, 0.29) is 5.28 Å². The average molecular weight is 290 g/mol. The molecule has 0 aliphatic rings. The number of nitrogens with zero attached hydrogens (tertiary/aromatic N) is 4. The summed E-state index contributed by atoms with van der Waals surface area (Å²) in [6.45, 7) is 0. The Kier molecular flexibility index (Phi) is 3.15. The minimum Gasteiger partial charge on any atom is -0.497 e. The first-order valence-electron chi connectivity index (χ1n) is 5.96. The number of halogens is 1. The highest BCUT2D eigenvalue weighted by molar-refractivity contribution is 6.28. The topological polar surface area (TPSA) is 64.9 Å². The van der Waals surface area contributed by atoms with Crippen molar-refractivity contribution < 1.29 is 4.74 Å². The zero-order valence-corrected chi connectivity index (χ0v) is 11.7. The minimum absolute atomic E-state index is 0.173. The number of hydrogen-bond acceptors (Lipinski definition) is 5. The van der Waals surface area contributed by atoms with Crippen LogP contribution in [0.5, 0.6) is 5.75 Å². The molecule has 0 unspecified atom stereocenters. The first-order chi connectivity index (χ1) is 9.72. The molecule has 1 aromatic carbocycles. The molecule has 0 amide bonds. The van der Waals surface area contributed by atoms with Crippen molar-refractivity contribution in [1.29, 1.82) is 0 Å². The van der Waals surface area contributed by atoms with E-state index in [1.54, 1.807) is 25.0 Å². The molecule has 0 saturated heterocycles. The number of ether oxygens (including phenoxy) is 1. The van der Waals surface area contributed by atoms with E-state index >= 15 is 0 Å². The third kappa shape index (κ3) is 2.04. The Hall–Kier alpha value is -2.34. The van der Waals surface area contributed by atoms with E-state index in [1.165, 1.54) is 0 Å². The molecular formula is C13H12ClN5O. The van der Waals surface area contributed by atoms with Gasteiger partial charge in [-0.15, -0.1) is 0 Å². The molecule has 2 heterocycles. The minimum atomic E-state index is 0.173. The van der Waals surface area contributed by atoms with Gasteiger partial charge in [0, 0.05) is 13.1 Å². The molecule has 0 aliphatic carbocycles. The monoisotopic (exact) mass is 289 g/mol. The molecule has 3 aromatic rings. The summed E-state index contributed by atoms with van der Waals surface area (Å²) in [6.07, 6.45) is 1.71. The van der Waals surface area contributed by atoms with E-state index in [4.69, 9.17) is 16.3 Å². The number of anilines is 1. The first kappa shape index (κ1) is 12.7. The molecule has 102 valence electrons. The van der Waals surface area contributed by atoms with Crippen molar-refractivity contribution in [2.75, 3.05) is 19.5 Å². The summed E-state index contributed by atoms with van der Waals surface area (Å²) < 4.78 is 6.92. The largest absolute Gasteiger partial charge is 0.497 e. The second kappa shape index (κ2) is 4.97. The SMILES string of the molecule is CNc1nc(Cl)nc2c1cnn2-c1cccc(OC)c1. The molecule has 0 aliphatic heterocycles. The highest BCUT2D eigenvalue weighted by Gasteiger charge is 2.12. The van der Waals surface area contributed by atoms with Gasteiger partial charge in [0.25, 0.3) is 0 Å². The molecule has 0 atom stereocenters. The third-order valence-corrected chi connectivity index (χ3v) is 3.10. The van der Waals surface area contributed by atoms with Gasteiger partial charge in [-0.1, -0.05) is 6.07 Å². The molecule has 0 bridgehead atoms. The number of nitrogens with one attached hydrogen (secondary N) is 1. The van der Waals surface area contributed by atoms with Crippen molar-refractivity contribution in [2.45, 2.75) is 0 Å². The summed E-state index contributed by atoms with van der Waals surface area (Å²) in [5, 5.41) is 8.31. The molecule has 6 nitrogen and oxygen atoms in total. The first-order valence-corrected chi connectivity index (χ1v) is 6.34. The van der Waals surface area contributed by atoms with E-state index < -0.39 is 0 Å². The van der Waals surface area contributed by atoms with Crippen LogP contribution in [0, 0.1) is 0 Å². The van der Waals surface area contributed by atoms with Crippen molar-refractivity contribution in [3.05, 3.63) is 35.7 Å². The normalized spacial score (nSPS) is 10.8. The summed E-state index contributed by atoms with van der Waals surface area (Å²) in [5.41, 5.74) is 1.48. The smallest absolute Gasteiger partial charge is 0.226 e. The lowest BCUT2D eigenvalue weighted by Crippen LogP contribution is -2.00.